The summed E-state index contributed by atoms with van der Waals surface area (Å²) >= 11 is 0. The minimum atomic E-state index is -1.06. The zero-order valence-electron chi connectivity index (χ0n) is 13.9. The summed E-state index contributed by atoms with van der Waals surface area (Å²) in [6.07, 6.45) is 0.114. The number of hydrogen-bond acceptors (Lipinski definition) is 3. The molecule has 1 aromatic carbocycles. The third-order valence-corrected chi connectivity index (χ3v) is 4.63. The van der Waals surface area contributed by atoms with Crippen molar-refractivity contribution in [3.8, 4) is 0 Å². The summed E-state index contributed by atoms with van der Waals surface area (Å²) in [7, 11) is 1.46. The lowest BCUT2D eigenvalue weighted by Crippen LogP contribution is -2.43. The Bertz CT molecular complexity index is 656. The van der Waals surface area contributed by atoms with Gasteiger partial charge in [-0.1, -0.05) is 12.1 Å². The Hall–Kier alpha value is -2.37. The molecule has 1 heterocycles. The van der Waals surface area contributed by atoms with E-state index in [2.05, 4.69) is 0 Å². The van der Waals surface area contributed by atoms with Gasteiger partial charge in [-0.3, -0.25) is 9.59 Å². The molecule has 1 aliphatic rings. The van der Waals surface area contributed by atoms with Gasteiger partial charge in [0.1, 0.15) is 6.04 Å². The molecule has 0 saturated carbocycles. The van der Waals surface area contributed by atoms with Crippen LogP contribution in [0.5, 0.6) is 0 Å². The van der Waals surface area contributed by atoms with Gasteiger partial charge in [-0.15, -0.1) is 0 Å². The van der Waals surface area contributed by atoms with Gasteiger partial charge in [-0.25, -0.2) is 4.79 Å². The van der Waals surface area contributed by atoms with Gasteiger partial charge in [0.2, 0.25) is 11.8 Å². The number of carboxylic acid groups (broad SMARTS) is 1. The van der Waals surface area contributed by atoms with E-state index in [1.807, 2.05) is 32.0 Å². The number of anilines is 1. The molecule has 1 aliphatic heterocycles. The van der Waals surface area contributed by atoms with Crippen LogP contribution in [0.25, 0.3) is 0 Å². The van der Waals surface area contributed by atoms with E-state index in [1.165, 1.54) is 18.9 Å². The first kappa shape index (κ1) is 17.0. The van der Waals surface area contributed by atoms with Crippen LogP contribution in [0.2, 0.25) is 0 Å². The monoisotopic (exact) mass is 318 g/mol. The standard InChI is InChI=1S/C17H22N2O4/c1-10-6-5-7-14(11(10)2)19-9-13(8-15(19)20)16(21)18(4)12(3)17(22)23/h5-7,12-13H,8-9H2,1-4H3,(H,22,23). The molecule has 1 fully saturated rings. The van der Waals surface area contributed by atoms with Crippen molar-refractivity contribution in [3.63, 3.8) is 0 Å². The molecular formula is C17H22N2O4. The molecule has 23 heavy (non-hydrogen) atoms. The van der Waals surface area contributed by atoms with Crippen molar-refractivity contribution in [1.29, 1.82) is 0 Å². The highest BCUT2D eigenvalue weighted by atomic mass is 16.4. The second-order valence-electron chi connectivity index (χ2n) is 6.09. The van der Waals surface area contributed by atoms with Crippen molar-refractivity contribution in [2.45, 2.75) is 33.2 Å². The van der Waals surface area contributed by atoms with Crippen LogP contribution in [0.3, 0.4) is 0 Å². The molecule has 6 nitrogen and oxygen atoms in total. The zero-order chi connectivity index (χ0) is 17.3. The predicted molar refractivity (Wildman–Crippen MR) is 86.2 cm³/mol. The van der Waals surface area contributed by atoms with Gasteiger partial charge in [0.25, 0.3) is 0 Å². The molecule has 0 spiro atoms. The number of aryl methyl sites for hydroxylation is 1. The number of carbonyl (C=O) groups is 3. The van der Waals surface area contributed by atoms with Crippen LogP contribution in [0, 0.1) is 19.8 Å². The number of carbonyl (C=O) groups excluding carboxylic acids is 2. The minimum Gasteiger partial charge on any atom is -0.480 e. The molecule has 0 radical (unpaired) electrons. The van der Waals surface area contributed by atoms with Gasteiger partial charge in [-0.2, -0.15) is 0 Å². The highest BCUT2D eigenvalue weighted by molar-refractivity contribution is 6.01. The Morgan fingerprint density at radius 3 is 2.61 bits per heavy atom. The van der Waals surface area contributed by atoms with Crippen LogP contribution in [-0.4, -0.2) is 47.4 Å². The summed E-state index contributed by atoms with van der Waals surface area (Å²) in [5.74, 6) is -1.97. The van der Waals surface area contributed by atoms with Crippen LogP contribution in [0.15, 0.2) is 18.2 Å². The average molecular weight is 318 g/mol. The molecule has 1 saturated heterocycles. The molecular weight excluding hydrogens is 296 g/mol. The fourth-order valence-corrected chi connectivity index (χ4v) is 2.78. The fraction of sp³-hybridized carbons (Fsp3) is 0.471. The number of hydrogen-bond donors (Lipinski definition) is 1. The highest BCUT2D eigenvalue weighted by Gasteiger charge is 2.38. The lowest BCUT2D eigenvalue weighted by atomic mass is 10.1. The maximum Gasteiger partial charge on any atom is 0.326 e. The Labute approximate surface area is 135 Å². The summed E-state index contributed by atoms with van der Waals surface area (Å²) in [4.78, 5) is 38.6. The van der Waals surface area contributed by atoms with Crippen molar-refractivity contribution in [2.24, 2.45) is 5.92 Å². The maximum absolute atomic E-state index is 12.4. The number of likely N-dealkylation sites (N-methyl/N-ethyl adjacent to an activating group) is 1. The van der Waals surface area contributed by atoms with Crippen molar-refractivity contribution >= 4 is 23.5 Å². The number of aliphatic carboxylic acids is 1. The van der Waals surface area contributed by atoms with Gasteiger partial charge in [-0.05, 0) is 38.0 Å². The smallest absolute Gasteiger partial charge is 0.326 e. The minimum absolute atomic E-state index is 0.103. The lowest BCUT2D eigenvalue weighted by Gasteiger charge is -2.25. The Morgan fingerprint density at radius 1 is 1.35 bits per heavy atom. The topological polar surface area (TPSA) is 77.9 Å². The second kappa shape index (κ2) is 6.40. The molecule has 124 valence electrons. The van der Waals surface area contributed by atoms with E-state index in [1.54, 1.807) is 4.90 Å². The second-order valence-corrected chi connectivity index (χ2v) is 6.09. The molecule has 1 N–H and O–H groups in total. The first-order valence-electron chi connectivity index (χ1n) is 7.60. The van der Waals surface area contributed by atoms with E-state index in [0.29, 0.717) is 6.54 Å². The number of benzene rings is 1. The molecule has 0 aromatic heterocycles. The fourth-order valence-electron chi connectivity index (χ4n) is 2.78. The highest BCUT2D eigenvalue weighted by Crippen LogP contribution is 2.30. The molecule has 2 atom stereocenters. The molecule has 2 amide bonds. The van der Waals surface area contributed by atoms with Crippen molar-refractivity contribution < 1.29 is 19.5 Å². The number of rotatable bonds is 4. The quantitative estimate of drug-likeness (QED) is 0.914. The molecule has 1 aromatic rings. The lowest BCUT2D eigenvalue weighted by molar-refractivity contribution is -0.149. The summed E-state index contributed by atoms with van der Waals surface area (Å²) in [6, 6.07) is 4.83. The molecule has 0 aliphatic carbocycles. The normalized spacial score (nSPS) is 18.9. The van der Waals surface area contributed by atoms with Gasteiger partial charge in [0.05, 0.1) is 5.92 Å². The van der Waals surface area contributed by atoms with Gasteiger partial charge < -0.3 is 14.9 Å². The van der Waals surface area contributed by atoms with Crippen LogP contribution in [0.1, 0.15) is 24.5 Å². The van der Waals surface area contributed by atoms with Crippen LogP contribution in [0.4, 0.5) is 5.69 Å². The molecule has 6 heteroatoms. The predicted octanol–water partition coefficient (Wildman–Crippen LogP) is 1.59. The van der Waals surface area contributed by atoms with Crippen molar-refractivity contribution in [3.05, 3.63) is 29.3 Å². The van der Waals surface area contributed by atoms with Gasteiger partial charge in [0, 0.05) is 25.7 Å². The first-order chi connectivity index (χ1) is 10.7. The van der Waals surface area contributed by atoms with E-state index >= 15 is 0 Å². The summed E-state index contributed by atoms with van der Waals surface area (Å²) in [6.45, 7) is 5.67. The number of carboxylic acids is 1. The van der Waals surface area contributed by atoms with E-state index in [4.69, 9.17) is 5.11 Å². The Morgan fingerprint density at radius 2 is 2.00 bits per heavy atom. The molecule has 2 rings (SSSR count). The molecule has 0 bridgehead atoms. The van der Waals surface area contributed by atoms with E-state index in [0.717, 1.165) is 16.8 Å². The summed E-state index contributed by atoms with van der Waals surface area (Å²) in [5, 5.41) is 9.02. The van der Waals surface area contributed by atoms with E-state index < -0.39 is 17.9 Å². The Kier molecular flexibility index (Phi) is 4.73. The number of amides is 2. The third kappa shape index (κ3) is 3.21. The average Bonchev–Trinajstić information content (AvgIpc) is 2.89. The van der Waals surface area contributed by atoms with Crippen molar-refractivity contribution in [2.75, 3.05) is 18.5 Å². The van der Waals surface area contributed by atoms with Gasteiger partial charge >= 0.3 is 5.97 Å². The van der Waals surface area contributed by atoms with Crippen LogP contribution in [-0.2, 0) is 14.4 Å². The third-order valence-electron chi connectivity index (χ3n) is 4.63. The van der Waals surface area contributed by atoms with Gasteiger partial charge in [0.15, 0.2) is 0 Å². The summed E-state index contributed by atoms with van der Waals surface area (Å²) < 4.78 is 0. The Balaban J connectivity index is 2.18. The SMILES string of the molecule is Cc1cccc(N2CC(C(=O)N(C)C(C)C(=O)O)CC2=O)c1C. The van der Waals surface area contributed by atoms with Crippen LogP contribution < -0.4 is 4.90 Å². The largest absolute Gasteiger partial charge is 0.480 e. The van der Waals surface area contributed by atoms with Crippen LogP contribution >= 0.6 is 0 Å². The molecule has 2 unspecified atom stereocenters. The van der Waals surface area contributed by atoms with Crippen molar-refractivity contribution in [1.82, 2.24) is 4.90 Å². The number of nitrogens with zero attached hydrogens (tertiary/aromatic N) is 2. The van der Waals surface area contributed by atoms with E-state index in [-0.39, 0.29) is 18.2 Å². The maximum atomic E-state index is 12.4. The zero-order valence-corrected chi connectivity index (χ0v) is 13.9. The van der Waals surface area contributed by atoms with E-state index in [9.17, 15) is 14.4 Å². The summed E-state index contributed by atoms with van der Waals surface area (Å²) in [5.41, 5.74) is 2.92. The first-order valence-corrected chi connectivity index (χ1v) is 7.60.